The van der Waals surface area contributed by atoms with Crippen molar-refractivity contribution in [1.82, 2.24) is 0 Å². The smallest absolute Gasteiger partial charge is 0.0493 e. The molecule has 0 N–H and O–H groups in total. The molecule has 0 saturated heterocycles. The molecule has 0 aliphatic carbocycles. The van der Waals surface area contributed by atoms with E-state index in [1.807, 2.05) is 0 Å². The molecule has 54 heavy (non-hydrogen) atoms. The molecule has 2 aliphatic heterocycles. The first-order valence-corrected chi connectivity index (χ1v) is 19.1. The average molecular weight is 693 g/mol. The Bertz CT molecular complexity index is 2350. The third kappa shape index (κ3) is 5.87. The lowest BCUT2D eigenvalue weighted by molar-refractivity contribution is 0.977. The van der Waals surface area contributed by atoms with Crippen LogP contribution in [0.25, 0.3) is 33.4 Å². The maximum atomic E-state index is 2.44. The van der Waals surface area contributed by atoms with Crippen molar-refractivity contribution in [1.29, 1.82) is 0 Å². The van der Waals surface area contributed by atoms with Gasteiger partial charge in [0.25, 0.3) is 0 Å². The third-order valence-electron chi connectivity index (χ3n) is 11.2. The van der Waals surface area contributed by atoms with Gasteiger partial charge in [0.15, 0.2) is 0 Å². The minimum Gasteiger partial charge on any atom is -0.310 e. The Balaban J connectivity index is 1.04. The fourth-order valence-electron chi connectivity index (χ4n) is 8.48. The Morgan fingerprint density at radius 3 is 0.852 bits per heavy atom. The molecule has 10 rings (SSSR count). The first-order valence-electron chi connectivity index (χ1n) is 19.1. The maximum Gasteiger partial charge on any atom is 0.0493 e. The molecule has 0 amide bonds. The highest BCUT2D eigenvalue weighted by Crippen LogP contribution is 2.44. The van der Waals surface area contributed by atoms with Gasteiger partial charge in [0, 0.05) is 34.1 Å². The van der Waals surface area contributed by atoms with Gasteiger partial charge in [-0.1, -0.05) is 127 Å². The molecule has 8 aromatic rings. The lowest BCUT2D eigenvalue weighted by Crippen LogP contribution is -2.11. The van der Waals surface area contributed by atoms with Gasteiger partial charge in [-0.15, -0.1) is 0 Å². The normalized spacial score (nSPS) is 13.2. The van der Waals surface area contributed by atoms with E-state index in [0.29, 0.717) is 0 Å². The molecular formula is C52H40N2. The molecule has 8 aromatic carbocycles. The molecule has 0 unspecified atom stereocenters. The monoisotopic (exact) mass is 692 g/mol. The van der Waals surface area contributed by atoms with Crippen molar-refractivity contribution in [2.75, 3.05) is 9.80 Å². The van der Waals surface area contributed by atoms with Crippen LogP contribution in [-0.2, 0) is 25.7 Å². The van der Waals surface area contributed by atoms with Gasteiger partial charge in [-0.05, 0) is 148 Å². The van der Waals surface area contributed by atoms with Gasteiger partial charge in [-0.2, -0.15) is 0 Å². The molecule has 0 atom stereocenters. The van der Waals surface area contributed by atoms with Crippen LogP contribution in [0.4, 0.5) is 34.1 Å². The van der Waals surface area contributed by atoms with Crippen LogP contribution in [0, 0.1) is 0 Å². The molecule has 2 heteroatoms. The van der Waals surface area contributed by atoms with Gasteiger partial charge in [0.1, 0.15) is 0 Å². The van der Waals surface area contributed by atoms with Crippen LogP contribution in [0.15, 0.2) is 194 Å². The number of hydrogen-bond donors (Lipinski definition) is 0. The number of fused-ring (bicyclic) bond motifs is 4. The predicted molar refractivity (Wildman–Crippen MR) is 227 cm³/mol. The van der Waals surface area contributed by atoms with Crippen molar-refractivity contribution in [3.63, 3.8) is 0 Å². The summed E-state index contributed by atoms with van der Waals surface area (Å²) in [5.74, 6) is 0. The molecule has 0 saturated carbocycles. The number of anilines is 6. The molecule has 0 bridgehead atoms. The van der Waals surface area contributed by atoms with Crippen LogP contribution in [0.1, 0.15) is 22.3 Å². The number of hydrogen-bond acceptors (Lipinski definition) is 2. The van der Waals surface area contributed by atoms with Crippen molar-refractivity contribution < 1.29 is 0 Å². The van der Waals surface area contributed by atoms with E-state index in [4.69, 9.17) is 0 Å². The number of benzene rings is 8. The predicted octanol–water partition coefficient (Wildman–Crippen LogP) is 13.8. The molecular weight excluding hydrogens is 653 g/mol. The highest BCUT2D eigenvalue weighted by Gasteiger charge is 2.23. The Labute approximate surface area is 318 Å². The minimum atomic E-state index is 1.04. The quantitative estimate of drug-likeness (QED) is 0.177. The van der Waals surface area contributed by atoms with Crippen molar-refractivity contribution in [3.8, 4) is 33.4 Å². The van der Waals surface area contributed by atoms with Crippen LogP contribution in [-0.4, -0.2) is 0 Å². The second-order valence-corrected chi connectivity index (χ2v) is 14.4. The minimum absolute atomic E-state index is 1.04. The first kappa shape index (κ1) is 32.0. The standard InChI is InChI=1S/C52H40N2/c1-2-12-37(13-3-1)44-34-45(38-26-30-47(31-27-38)53-49-18-8-4-14-40(49)22-23-41-15-5-9-19-50(41)53)36-46(35-44)39-28-32-48(33-29-39)54-51-20-10-6-16-42(51)24-25-43-17-7-11-21-52(43)54/h1-21,26-36H,22-25H2. The third-order valence-corrected chi connectivity index (χ3v) is 11.2. The Morgan fingerprint density at radius 2 is 0.519 bits per heavy atom. The average Bonchev–Trinajstić information content (AvgIpc) is 3.52. The number of para-hydroxylation sites is 4. The summed E-state index contributed by atoms with van der Waals surface area (Å²) in [5, 5.41) is 0. The highest BCUT2D eigenvalue weighted by atomic mass is 15.2. The zero-order chi connectivity index (χ0) is 35.8. The zero-order valence-electron chi connectivity index (χ0n) is 30.2. The summed E-state index contributed by atoms with van der Waals surface area (Å²) in [6, 6.07) is 71.5. The van der Waals surface area contributed by atoms with Gasteiger partial charge in [-0.3, -0.25) is 0 Å². The van der Waals surface area contributed by atoms with Crippen LogP contribution < -0.4 is 9.80 Å². The van der Waals surface area contributed by atoms with Gasteiger partial charge in [-0.25, -0.2) is 0 Å². The van der Waals surface area contributed by atoms with Crippen molar-refractivity contribution >= 4 is 34.1 Å². The summed E-state index contributed by atoms with van der Waals surface area (Å²) in [7, 11) is 0. The lowest BCUT2D eigenvalue weighted by atomic mass is 9.93. The van der Waals surface area contributed by atoms with Crippen LogP contribution in [0.3, 0.4) is 0 Å². The van der Waals surface area contributed by atoms with Crippen LogP contribution in [0.2, 0.25) is 0 Å². The molecule has 2 nitrogen and oxygen atoms in total. The van der Waals surface area contributed by atoms with Gasteiger partial charge in [0.2, 0.25) is 0 Å². The number of rotatable bonds is 5. The fourth-order valence-corrected chi connectivity index (χ4v) is 8.48. The van der Waals surface area contributed by atoms with E-state index in [9.17, 15) is 0 Å². The second-order valence-electron chi connectivity index (χ2n) is 14.4. The Hall–Kier alpha value is -6.64. The second kappa shape index (κ2) is 13.7. The van der Waals surface area contributed by atoms with Crippen LogP contribution >= 0.6 is 0 Å². The van der Waals surface area contributed by atoms with E-state index in [-0.39, 0.29) is 0 Å². The summed E-state index contributed by atoms with van der Waals surface area (Å²) < 4.78 is 0. The summed E-state index contributed by atoms with van der Waals surface area (Å²) in [4.78, 5) is 4.88. The zero-order valence-corrected chi connectivity index (χ0v) is 30.2. The Morgan fingerprint density at radius 1 is 0.241 bits per heavy atom. The van der Waals surface area contributed by atoms with Gasteiger partial charge >= 0.3 is 0 Å². The molecule has 0 aromatic heterocycles. The van der Waals surface area contributed by atoms with E-state index in [2.05, 4.69) is 204 Å². The van der Waals surface area contributed by atoms with Crippen molar-refractivity contribution in [2.45, 2.75) is 25.7 Å². The molecule has 258 valence electrons. The van der Waals surface area contributed by atoms with E-state index >= 15 is 0 Å². The van der Waals surface area contributed by atoms with E-state index in [0.717, 1.165) is 25.7 Å². The maximum absolute atomic E-state index is 2.44. The number of aryl methyl sites for hydroxylation is 4. The summed E-state index contributed by atoms with van der Waals surface area (Å²) in [5.41, 5.74) is 20.2. The SMILES string of the molecule is c1ccc(-c2cc(-c3ccc(N4c5ccccc5CCc5ccccc54)cc3)cc(-c3ccc(N4c5ccccc5CCc5ccccc54)cc3)c2)cc1. The highest BCUT2D eigenvalue weighted by molar-refractivity contribution is 5.86. The van der Waals surface area contributed by atoms with Crippen molar-refractivity contribution in [2.24, 2.45) is 0 Å². The number of nitrogens with zero attached hydrogens (tertiary/aromatic N) is 2. The van der Waals surface area contributed by atoms with Gasteiger partial charge < -0.3 is 9.80 Å². The summed E-state index contributed by atoms with van der Waals surface area (Å²) in [6.45, 7) is 0. The lowest BCUT2D eigenvalue weighted by Gasteiger charge is -2.27. The first-order chi connectivity index (χ1) is 26.8. The van der Waals surface area contributed by atoms with E-state index in [1.165, 1.54) is 89.8 Å². The van der Waals surface area contributed by atoms with E-state index < -0.39 is 0 Å². The fraction of sp³-hybridized carbons (Fsp3) is 0.0769. The summed E-state index contributed by atoms with van der Waals surface area (Å²) in [6.07, 6.45) is 4.15. The Kier molecular flexibility index (Phi) is 8.15. The van der Waals surface area contributed by atoms with E-state index in [1.54, 1.807) is 0 Å². The topological polar surface area (TPSA) is 6.48 Å². The summed E-state index contributed by atoms with van der Waals surface area (Å²) >= 11 is 0. The van der Waals surface area contributed by atoms with Gasteiger partial charge in [0.05, 0.1) is 0 Å². The molecule has 0 radical (unpaired) electrons. The molecule has 0 fully saturated rings. The largest absolute Gasteiger partial charge is 0.310 e. The molecule has 0 spiro atoms. The van der Waals surface area contributed by atoms with Crippen LogP contribution in [0.5, 0.6) is 0 Å². The molecule has 2 aliphatic rings. The molecule has 2 heterocycles. The van der Waals surface area contributed by atoms with Crippen molar-refractivity contribution in [3.05, 3.63) is 216 Å².